The van der Waals surface area contributed by atoms with Crippen molar-refractivity contribution in [2.24, 2.45) is 11.7 Å². The molecular formula is C23H32N4O3. The summed E-state index contributed by atoms with van der Waals surface area (Å²) in [6, 6.07) is 10.0. The van der Waals surface area contributed by atoms with E-state index < -0.39 is 5.91 Å². The molecule has 1 amide bonds. The zero-order valence-corrected chi connectivity index (χ0v) is 18.1. The molecule has 1 aromatic heterocycles. The molecule has 1 aliphatic rings. The van der Waals surface area contributed by atoms with Gasteiger partial charge in [-0.3, -0.25) is 4.79 Å². The predicted octanol–water partition coefficient (Wildman–Crippen LogP) is 2.98. The van der Waals surface area contributed by atoms with E-state index in [2.05, 4.69) is 35.1 Å². The van der Waals surface area contributed by atoms with Gasteiger partial charge in [-0.05, 0) is 61.7 Å². The van der Waals surface area contributed by atoms with Gasteiger partial charge in [-0.25, -0.2) is 4.98 Å². The molecule has 1 saturated heterocycles. The fraction of sp³-hybridized carbons (Fsp3) is 0.478. The van der Waals surface area contributed by atoms with E-state index in [-0.39, 0.29) is 0 Å². The van der Waals surface area contributed by atoms with Crippen LogP contribution in [0.5, 0.6) is 11.5 Å². The Morgan fingerprint density at radius 2 is 2.00 bits per heavy atom. The first kappa shape index (κ1) is 21.9. The van der Waals surface area contributed by atoms with Gasteiger partial charge in [0, 0.05) is 18.8 Å². The molecule has 0 unspecified atom stereocenters. The van der Waals surface area contributed by atoms with E-state index in [4.69, 9.17) is 15.2 Å². The smallest absolute Gasteiger partial charge is 0.250 e. The first-order valence-corrected chi connectivity index (χ1v) is 10.5. The van der Waals surface area contributed by atoms with Crippen LogP contribution in [0.15, 0.2) is 36.5 Å². The second-order valence-corrected chi connectivity index (χ2v) is 8.07. The van der Waals surface area contributed by atoms with Crippen LogP contribution in [-0.2, 0) is 6.54 Å². The summed E-state index contributed by atoms with van der Waals surface area (Å²) in [5, 5.41) is 3.42. The summed E-state index contributed by atoms with van der Waals surface area (Å²) in [6.45, 7) is 7.52. The number of amides is 1. The van der Waals surface area contributed by atoms with Crippen molar-refractivity contribution in [1.29, 1.82) is 0 Å². The molecule has 0 atom stereocenters. The summed E-state index contributed by atoms with van der Waals surface area (Å²) in [4.78, 5) is 18.3. The predicted molar refractivity (Wildman–Crippen MR) is 118 cm³/mol. The zero-order chi connectivity index (χ0) is 21.5. The van der Waals surface area contributed by atoms with Crippen molar-refractivity contribution >= 4 is 11.7 Å². The zero-order valence-electron chi connectivity index (χ0n) is 18.1. The Balaban J connectivity index is 1.86. The van der Waals surface area contributed by atoms with E-state index in [0.717, 1.165) is 48.8 Å². The number of carbonyl (C=O) groups excluding carboxylic acids is 1. The standard InChI is InChI=1S/C23H32N4O3/c1-16(2)15-30-21-12-17(4-6-20(21)29-3)14-27(19-8-10-25-11-9-19)22-7-5-18(13-26-22)23(24)28/h4-7,12-13,16,19,25H,8-11,14-15H2,1-3H3,(H2,24,28). The van der Waals surface area contributed by atoms with Gasteiger partial charge in [0.05, 0.1) is 19.3 Å². The maximum Gasteiger partial charge on any atom is 0.250 e. The van der Waals surface area contributed by atoms with E-state index in [1.165, 1.54) is 0 Å². The number of nitrogens with two attached hydrogens (primary N) is 1. The van der Waals surface area contributed by atoms with Gasteiger partial charge >= 0.3 is 0 Å². The summed E-state index contributed by atoms with van der Waals surface area (Å²) in [5.41, 5.74) is 6.91. The van der Waals surface area contributed by atoms with Crippen molar-refractivity contribution in [2.45, 2.75) is 39.3 Å². The molecule has 3 rings (SSSR count). The molecule has 0 saturated carbocycles. The van der Waals surface area contributed by atoms with Gasteiger partial charge in [-0.2, -0.15) is 0 Å². The molecule has 0 aliphatic carbocycles. The number of primary amides is 1. The van der Waals surface area contributed by atoms with Crippen molar-refractivity contribution in [2.75, 3.05) is 31.7 Å². The maximum atomic E-state index is 11.4. The van der Waals surface area contributed by atoms with Gasteiger partial charge < -0.3 is 25.4 Å². The Bertz CT molecular complexity index is 833. The quantitative estimate of drug-likeness (QED) is 0.658. The molecular weight excluding hydrogens is 380 g/mol. The third kappa shape index (κ3) is 5.63. The van der Waals surface area contributed by atoms with Gasteiger partial charge in [0.25, 0.3) is 0 Å². The van der Waals surface area contributed by atoms with Crippen molar-refractivity contribution in [1.82, 2.24) is 10.3 Å². The van der Waals surface area contributed by atoms with Crippen LogP contribution in [0.4, 0.5) is 5.82 Å². The van der Waals surface area contributed by atoms with Crippen LogP contribution in [0.25, 0.3) is 0 Å². The number of aromatic nitrogens is 1. The number of ether oxygens (including phenoxy) is 2. The van der Waals surface area contributed by atoms with Crippen molar-refractivity contribution in [3.63, 3.8) is 0 Å². The highest BCUT2D eigenvalue weighted by Crippen LogP contribution is 2.30. The number of methoxy groups -OCH3 is 1. The van der Waals surface area contributed by atoms with Crippen LogP contribution in [-0.4, -0.2) is 43.7 Å². The topological polar surface area (TPSA) is 89.7 Å². The molecule has 1 aliphatic heterocycles. The number of benzene rings is 1. The molecule has 0 spiro atoms. The van der Waals surface area contributed by atoms with Gasteiger partial charge in [0.2, 0.25) is 5.91 Å². The minimum Gasteiger partial charge on any atom is -0.493 e. The Kier molecular flexibility index (Phi) is 7.52. The van der Waals surface area contributed by atoms with Crippen LogP contribution < -0.4 is 25.4 Å². The average molecular weight is 413 g/mol. The monoisotopic (exact) mass is 412 g/mol. The lowest BCUT2D eigenvalue weighted by Crippen LogP contribution is -2.43. The Morgan fingerprint density at radius 1 is 1.23 bits per heavy atom. The largest absolute Gasteiger partial charge is 0.493 e. The lowest BCUT2D eigenvalue weighted by molar-refractivity contribution is 0.1000. The van der Waals surface area contributed by atoms with E-state index >= 15 is 0 Å². The number of anilines is 1. The third-order valence-corrected chi connectivity index (χ3v) is 5.23. The Labute approximate surface area is 178 Å². The number of carbonyl (C=O) groups is 1. The second-order valence-electron chi connectivity index (χ2n) is 8.07. The van der Waals surface area contributed by atoms with E-state index in [0.29, 0.717) is 30.7 Å². The molecule has 1 aromatic carbocycles. The molecule has 7 nitrogen and oxygen atoms in total. The number of piperidine rings is 1. The lowest BCUT2D eigenvalue weighted by atomic mass is 10.0. The average Bonchev–Trinajstić information content (AvgIpc) is 2.76. The van der Waals surface area contributed by atoms with Crippen LogP contribution >= 0.6 is 0 Å². The van der Waals surface area contributed by atoms with Gasteiger partial charge in [0.15, 0.2) is 11.5 Å². The van der Waals surface area contributed by atoms with Crippen molar-refractivity contribution < 1.29 is 14.3 Å². The fourth-order valence-electron chi connectivity index (χ4n) is 3.60. The fourth-order valence-corrected chi connectivity index (χ4v) is 3.60. The number of rotatable bonds is 9. The molecule has 1 fully saturated rings. The van der Waals surface area contributed by atoms with Crippen LogP contribution in [0.3, 0.4) is 0 Å². The summed E-state index contributed by atoms with van der Waals surface area (Å²) in [6.07, 6.45) is 3.62. The number of nitrogens with zero attached hydrogens (tertiary/aromatic N) is 2. The lowest BCUT2D eigenvalue weighted by Gasteiger charge is -2.36. The molecule has 3 N–H and O–H groups in total. The number of pyridine rings is 1. The highest BCUT2D eigenvalue weighted by molar-refractivity contribution is 5.92. The summed E-state index contributed by atoms with van der Waals surface area (Å²) in [5.74, 6) is 2.29. The van der Waals surface area contributed by atoms with Gasteiger partial charge in [-0.15, -0.1) is 0 Å². The van der Waals surface area contributed by atoms with Gasteiger partial charge in [-0.1, -0.05) is 19.9 Å². The number of nitrogens with one attached hydrogen (secondary N) is 1. The van der Waals surface area contributed by atoms with E-state index in [1.54, 1.807) is 19.4 Å². The number of hydrogen-bond donors (Lipinski definition) is 2. The SMILES string of the molecule is COc1ccc(CN(c2ccc(C(N)=O)cn2)C2CCNCC2)cc1OCC(C)C. The van der Waals surface area contributed by atoms with Crippen molar-refractivity contribution in [3.8, 4) is 11.5 Å². The first-order valence-electron chi connectivity index (χ1n) is 10.5. The third-order valence-electron chi connectivity index (χ3n) is 5.23. The molecule has 0 bridgehead atoms. The van der Waals surface area contributed by atoms with Crippen LogP contribution in [0.2, 0.25) is 0 Å². The Morgan fingerprint density at radius 3 is 2.60 bits per heavy atom. The highest BCUT2D eigenvalue weighted by Gasteiger charge is 2.23. The van der Waals surface area contributed by atoms with Crippen molar-refractivity contribution in [3.05, 3.63) is 47.7 Å². The normalized spacial score (nSPS) is 14.5. The van der Waals surface area contributed by atoms with Crippen LogP contribution in [0.1, 0.15) is 42.6 Å². The molecule has 7 heteroatoms. The molecule has 2 heterocycles. The summed E-state index contributed by atoms with van der Waals surface area (Å²) in [7, 11) is 1.66. The van der Waals surface area contributed by atoms with Gasteiger partial charge in [0.1, 0.15) is 5.82 Å². The minimum atomic E-state index is -0.468. The minimum absolute atomic E-state index is 0.361. The molecule has 2 aromatic rings. The second kappa shape index (κ2) is 10.3. The number of hydrogen-bond acceptors (Lipinski definition) is 6. The Hall–Kier alpha value is -2.80. The molecule has 0 radical (unpaired) electrons. The first-order chi connectivity index (χ1) is 14.5. The van der Waals surface area contributed by atoms with E-state index in [9.17, 15) is 4.79 Å². The maximum absolute atomic E-state index is 11.4. The molecule has 30 heavy (non-hydrogen) atoms. The molecule has 162 valence electrons. The summed E-state index contributed by atoms with van der Waals surface area (Å²) >= 11 is 0. The highest BCUT2D eigenvalue weighted by atomic mass is 16.5. The summed E-state index contributed by atoms with van der Waals surface area (Å²) < 4.78 is 11.5. The van der Waals surface area contributed by atoms with Crippen LogP contribution in [0, 0.1) is 5.92 Å². The van der Waals surface area contributed by atoms with E-state index in [1.807, 2.05) is 18.2 Å².